The smallest absolute Gasteiger partial charge is 0.338 e. The predicted octanol–water partition coefficient (Wildman–Crippen LogP) is 4.10. The number of carbonyl (C=O) groups excluding carboxylic acids is 1. The predicted molar refractivity (Wildman–Crippen MR) is 84.7 cm³/mol. The SMILES string of the molecule is Cc1ccc(-c2nnc([C@@H](C)OC(=O)c3ccc(F)cc3)o2)cc1. The Morgan fingerprint density at radius 1 is 1.08 bits per heavy atom. The molecular formula is C18H15FN2O3. The molecule has 0 aliphatic heterocycles. The van der Waals surface area contributed by atoms with Crippen molar-refractivity contribution in [2.24, 2.45) is 0 Å². The van der Waals surface area contributed by atoms with Gasteiger partial charge in [-0.25, -0.2) is 9.18 Å². The first-order valence-electron chi connectivity index (χ1n) is 7.40. The maximum absolute atomic E-state index is 12.9. The van der Waals surface area contributed by atoms with Crippen LogP contribution >= 0.6 is 0 Å². The molecule has 1 heterocycles. The highest BCUT2D eigenvalue weighted by Crippen LogP contribution is 2.23. The highest BCUT2D eigenvalue weighted by molar-refractivity contribution is 5.89. The minimum absolute atomic E-state index is 0.195. The lowest BCUT2D eigenvalue weighted by atomic mass is 10.1. The lowest BCUT2D eigenvalue weighted by molar-refractivity contribution is 0.0280. The lowest BCUT2D eigenvalue weighted by Crippen LogP contribution is -2.09. The van der Waals surface area contributed by atoms with E-state index in [0.29, 0.717) is 5.89 Å². The van der Waals surface area contributed by atoms with Crippen LogP contribution in [-0.2, 0) is 4.74 Å². The van der Waals surface area contributed by atoms with Gasteiger partial charge in [0.15, 0.2) is 6.10 Å². The lowest BCUT2D eigenvalue weighted by Gasteiger charge is -2.09. The number of carbonyl (C=O) groups is 1. The minimum atomic E-state index is -0.714. The van der Waals surface area contributed by atoms with Crippen LogP contribution in [0.2, 0.25) is 0 Å². The number of ether oxygens (including phenoxy) is 1. The Labute approximate surface area is 138 Å². The molecule has 0 aliphatic rings. The second-order valence-corrected chi connectivity index (χ2v) is 5.37. The van der Waals surface area contributed by atoms with Gasteiger partial charge < -0.3 is 9.15 Å². The zero-order valence-electron chi connectivity index (χ0n) is 13.2. The van der Waals surface area contributed by atoms with Crippen molar-refractivity contribution in [1.29, 1.82) is 0 Å². The van der Waals surface area contributed by atoms with Crippen LogP contribution in [0.25, 0.3) is 11.5 Å². The van der Waals surface area contributed by atoms with Crippen LogP contribution in [0.4, 0.5) is 4.39 Å². The second-order valence-electron chi connectivity index (χ2n) is 5.37. The molecule has 6 heteroatoms. The fraction of sp³-hybridized carbons (Fsp3) is 0.167. The van der Waals surface area contributed by atoms with Gasteiger partial charge in [-0.15, -0.1) is 10.2 Å². The van der Waals surface area contributed by atoms with Crippen molar-refractivity contribution in [3.63, 3.8) is 0 Å². The average molecular weight is 326 g/mol. The number of halogens is 1. The number of hydrogen-bond donors (Lipinski definition) is 0. The normalized spacial score (nSPS) is 12.0. The summed E-state index contributed by atoms with van der Waals surface area (Å²) < 4.78 is 23.7. The zero-order chi connectivity index (χ0) is 17.1. The molecule has 3 rings (SSSR count). The summed E-state index contributed by atoms with van der Waals surface area (Å²) in [5.41, 5.74) is 2.16. The van der Waals surface area contributed by atoms with Gasteiger partial charge >= 0.3 is 5.97 Å². The van der Waals surface area contributed by atoms with Crippen LogP contribution in [0.15, 0.2) is 52.9 Å². The van der Waals surface area contributed by atoms with E-state index >= 15 is 0 Å². The molecule has 0 saturated carbocycles. The van der Waals surface area contributed by atoms with Crippen molar-refractivity contribution in [1.82, 2.24) is 10.2 Å². The Bertz CT molecular complexity index is 841. The van der Waals surface area contributed by atoms with Gasteiger partial charge in [-0.2, -0.15) is 0 Å². The molecule has 0 aliphatic carbocycles. The molecule has 122 valence electrons. The third-order valence-electron chi connectivity index (χ3n) is 3.45. The molecule has 0 saturated heterocycles. The van der Waals surface area contributed by atoms with Gasteiger partial charge in [0.05, 0.1) is 5.56 Å². The van der Waals surface area contributed by atoms with Gasteiger partial charge in [0, 0.05) is 5.56 Å². The first-order chi connectivity index (χ1) is 11.5. The quantitative estimate of drug-likeness (QED) is 0.675. The van der Waals surface area contributed by atoms with Crippen LogP contribution in [0, 0.1) is 12.7 Å². The topological polar surface area (TPSA) is 65.2 Å². The van der Waals surface area contributed by atoms with Crippen molar-refractivity contribution in [3.8, 4) is 11.5 Å². The number of aromatic nitrogens is 2. The molecule has 0 N–H and O–H groups in total. The number of hydrogen-bond acceptors (Lipinski definition) is 5. The monoisotopic (exact) mass is 326 g/mol. The first-order valence-corrected chi connectivity index (χ1v) is 7.40. The molecule has 1 aromatic heterocycles. The van der Waals surface area contributed by atoms with Crippen LogP contribution in [0.3, 0.4) is 0 Å². The Morgan fingerprint density at radius 2 is 1.75 bits per heavy atom. The fourth-order valence-corrected chi connectivity index (χ4v) is 2.08. The van der Waals surface area contributed by atoms with Gasteiger partial charge in [0.1, 0.15) is 5.82 Å². The van der Waals surface area contributed by atoms with E-state index in [0.717, 1.165) is 11.1 Å². The Kier molecular flexibility index (Phi) is 4.37. The van der Waals surface area contributed by atoms with Crippen LogP contribution < -0.4 is 0 Å². The molecule has 24 heavy (non-hydrogen) atoms. The summed E-state index contributed by atoms with van der Waals surface area (Å²) in [4.78, 5) is 12.0. The standard InChI is InChI=1S/C18H15FN2O3/c1-11-3-5-13(6-4-11)17-21-20-16(24-17)12(2)23-18(22)14-7-9-15(19)10-8-14/h3-10,12H,1-2H3/t12-/m1/s1. The zero-order valence-corrected chi connectivity index (χ0v) is 13.2. The molecule has 0 unspecified atom stereocenters. The molecule has 0 radical (unpaired) electrons. The first kappa shape index (κ1) is 15.9. The number of rotatable bonds is 4. The van der Waals surface area contributed by atoms with Crippen molar-refractivity contribution in [3.05, 3.63) is 71.4 Å². The number of esters is 1. The maximum atomic E-state index is 12.9. The van der Waals surface area contributed by atoms with E-state index in [4.69, 9.17) is 9.15 Å². The number of nitrogens with zero attached hydrogens (tertiary/aromatic N) is 2. The Hall–Kier alpha value is -3.02. The van der Waals surface area contributed by atoms with Gasteiger partial charge in [-0.3, -0.25) is 0 Å². The van der Waals surface area contributed by atoms with Crippen LogP contribution in [0.1, 0.15) is 34.8 Å². The summed E-state index contributed by atoms with van der Waals surface area (Å²) in [6.45, 7) is 3.62. The fourth-order valence-electron chi connectivity index (χ4n) is 2.08. The Morgan fingerprint density at radius 3 is 2.42 bits per heavy atom. The van der Waals surface area contributed by atoms with Gasteiger partial charge in [-0.05, 0) is 50.2 Å². The van der Waals surface area contributed by atoms with Crippen molar-refractivity contribution in [2.75, 3.05) is 0 Å². The summed E-state index contributed by atoms with van der Waals surface area (Å²) in [7, 11) is 0. The van der Waals surface area contributed by atoms with E-state index in [-0.39, 0.29) is 11.5 Å². The average Bonchev–Trinajstić information content (AvgIpc) is 3.06. The maximum Gasteiger partial charge on any atom is 0.338 e. The summed E-state index contributed by atoms with van der Waals surface area (Å²) >= 11 is 0. The second kappa shape index (κ2) is 6.62. The molecule has 0 spiro atoms. The molecule has 2 aromatic carbocycles. The van der Waals surface area contributed by atoms with E-state index in [1.165, 1.54) is 24.3 Å². The summed E-state index contributed by atoms with van der Waals surface area (Å²) in [6, 6.07) is 12.7. The summed E-state index contributed by atoms with van der Waals surface area (Å²) in [5, 5.41) is 7.89. The van der Waals surface area contributed by atoms with Crippen LogP contribution in [-0.4, -0.2) is 16.2 Å². The van der Waals surface area contributed by atoms with Gasteiger partial charge in [0.2, 0.25) is 5.89 Å². The van der Waals surface area contributed by atoms with E-state index in [1.54, 1.807) is 6.92 Å². The highest BCUT2D eigenvalue weighted by atomic mass is 19.1. The van der Waals surface area contributed by atoms with Crippen molar-refractivity contribution < 1.29 is 18.3 Å². The van der Waals surface area contributed by atoms with E-state index in [9.17, 15) is 9.18 Å². The Balaban J connectivity index is 1.71. The molecule has 1 atom stereocenters. The third-order valence-corrected chi connectivity index (χ3v) is 3.45. The molecular weight excluding hydrogens is 311 g/mol. The number of aryl methyl sites for hydroxylation is 1. The molecule has 0 fully saturated rings. The molecule has 5 nitrogen and oxygen atoms in total. The molecule has 3 aromatic rings. The van der Waals surface area contributed by atoms with E-state index in [2.05, 4.69) is 10.2 Å². The minimum Gasteiger partial charge on any atom is -0.449 e. The largest absolute Gasteiger partial charge is 0.449 e. The van der Waals surface area contributed by atoms with E-state index < -0.39 is 17.9 Å². The van der Waals surface area contributed by atoms with Crippen LogP contribution in [0.5, 0.6) is 0 Å². The van der Waals surface area contributed by atoms with Crippen molar-refractivity contribution >= 4 is 5.97 Å². The van der Waals surface area contributed by atoms with E-state index in [1.807, 2.05) is 31.2 Å². The molecule has 0 bridgehead atoms. The molecule has 0 amide bonds. The van der Waals surface area contributed by atoms with Gasteiger partial charge in [-0.1, -0.05) is 17.7 Å². The summed E-state index contributed by atoms with van der Waals surface area (Å²) in [6.07, 6.45) is -0.714. The summed E-state index contributed by atoms with van der Waals surface area (Å²) in [5.74, 6) is -0.451. The third kappa shape index (κ3) is 3.48. The van der Waals surface area contributed by atoms with Crippen molar-refractivity contribution in [2.45, 2.75) is 20.0 Å². The number of benzene rings is 2. The highest BCUT2D eigenvalue weighted by Gasteiger charge is 2.20. The van der Waals surface area contributed by atoms with Gasteiger partial charge in [0.25, 0.3) is 5.89 Å².